The fourth-order valence-electron chi connectivity index (χ4n) is 4.26. The van der Waals surface area contributed by atoms with E-state index in [1.165, 1.54) is 11.3 Å². The summed E-state index contributed by atoms with van der Waals surface area (Å²) in [6.45, 7) is 1.71. The number of carbonyl (C=O) groups excluding carboxylic acids is 1. The Morgan fingerprint density at radius 2 is 2.16 bits per heavy atom. The molecule has 0 saturated carbocycles. The number of hydrogen-bond acceptors (Lipinski definition) is 4. The highest BCUT2D eigenvalue weighted by Crippen LogP contribution is 2.47. The Bertz CT molecular complexity index is 814. The van der Waals surface area contributed by atoms with Crippen molar-refractivity contribution in [3.05, 3.63) is 35.5 Å². The molecule has 2 aromatic rings. The molecule has 2 atom stereocenters. The molecule has 25 heavy (non-hydrogen) atoms. The van der Waals surface area contributed by atoms with Gasteiger partial charge in [-0.05, 0) is 24.5 Å². The number of carbonyl (C=O) groups is 1. The van der Waals surface area contributed by atoms with Gasteiger partial charge >= 0.3 is 0 Å². The molecule has 2 heterocycles. The smallest absolute Gasteiger partial charge is 0.248 e. The van der Waals surface area contributed by atoms with Gasteiger partial charge in [0.25, 0.3) is 0 Å². The molecule has 6 nitrogen and oxygen atoms in total. The summed E-state index contributed by atoms with van der Waals surface area (Å²) >= 11 is 0. The molecule has 132 valence electrons. The van der Waals surface area contributed by atoms with Gasteiger partial charge in [0.1, 0.15) is 12.4 Å². The van der Waals surface area contributed by atoms with E-state index in [1.807, 2.05) is 34.8 Å². The maximum absolute atomic E-state index is 12.2. The van der Waals surface area contributed by atoms with Gasteiger partial charge in [0, 0.05) is 50.0 Å². The molecule has 0 N–H and O–H groups in total. The third kappa shape index (κ3) is 2.61. The number of nitrogens with zero attached hydrogens (tertiary/aromatic N) is 3. The van der Waals surface area contributed by atoms with Crippen LogP contribution in [-0.2, 0) is 23.0 Å². The van der Waals surface area contributed by atoms with E-state index in [4.69, 9.17) is 14.6 Å². The molecule has 4 rings (SSSR count). The van der Waals surface area contributed by atoms with Gasteiger partial charge in [0.05, 0.1) is 12.8 Å². The number of benzene rings is 1. The van der Waals surface area contributed by atoms with Crippen molar-refractivity contribution in [1.29, 1.82) is 0 Å². The quantitative estimate of drug-likeness (QED) is 0.851. The van der Waals surface area contributed by atoms with Crippen LogP contribution in [0.5, 0.6) is 5.75 Å². The summed E-state index contributed by atoms with van der Waals surface area (Å²) in [6.07, 6.45) is 0.976. The Labute approximate surface area is 147 Å². The van der Waals surface area contributed by atoms with Crippen molar-refractivity contribution in [3.8, 4) is 17.0 Å². The van der Waals surface area contributed by atoms with Crippen molar-refractivity contribution in [3.63, 3.8) is 0 Å². The van der Waals surface area contributed by atoms with Crippen LogP contribution >= 0.6 is 0 Å². The number of fused-ring (bicyclic) bond motifs is 3. The van der Waals surface area contributed by atoms with E-state index in [0.29, 0.717) is 11.8 Å². The Hall–Kier alpha value is -2.34. The van der Waals surface area contributed by atoms with Crippen molar-refractivity contribution in [2.24, 2.45) is 13.0 Å². The van der Waals surface area contributed by atoms with E-state index >= 15 is 0 Å². The second-order valence-electron chi connectivity index (χ2n) is 6.87. The van der Waals surface area contributed by atoms with E-state index in [0.717, 1.165) is 36.5 Å². The first-order valence-corrected chi connectivity index (χ1v) is 8.59. The van der Waals surface area contributed by atoms with Crippen LogP contribution in [0.1, 0.15) is 17.2 Å². The Kier molecular flexibility index (Phi) is 4.00. The van der Waals surface area contributed by atoms with Crippen LogP contribution in [0.15, 0.2) is 24.3 Å². The zero-order chi connectivity index (χ0) is 17.6. The summed E-state index contributed by atoms with van der Waals surface area (Å²) in [4.78, 5) is 14.1. The van der Waals surface area contributed by atoms with E-state index in [9.17, 15) is 4.79 Å². The lowest BCUT2D eigenvalue weighted by molar-refractivity contribution is -0.134. The lowest BCUT2D eigenvalue weighted by atomic mass is 9.94. The predicted molar refractivity (Wildman–Crippen MR) is 93.6 cm³/mol. The summed E-state index contributed by atoms with van der Waals surface area (Å²) in [6, 6.07) is 8.03. The number of likely N-dealkylation sites (tertiary alicyclic amines) is 1. The number of hydrogen-bond donors (Lipinski definition) is 0. The molecular formula is C19H23N3O3. The number of methoxy groups -OCH3 is 2. The van der Waals surface area contributed by atoms with Gasteiger partial charge in [-0.1, -0.05) is 12.1 Å². The highest BCUT2D eigenvalue weighted by molar-refractivity contribution is 5.78. The number of ether oxygens (including phenoxy) is 2. The van der Waals surface area contributed by atoms with Crippen molar-refractivity contribution in [2.75, 3.05) is 33.9 Å². The number of amides is 1. The van der Waals surface area contributed by atoms with Gasteiger partial charge in [-0.15, -0.1) is 0 Å². The van der Waals surface area contributed by atoms with Gasteiger partial charge in [0.2, 0.25) is 5.91 Å². The topological polar surface area (TPSA) is 56.6 Å². The molecule has 1 aromatic heterocycles. The lowest BCUT2D eigenvalue weighted by Gasteiger charge is -2.16. The molecule has 6 heteroatoms. The zero-order valence-corrected chi connectivity index (χ0v) is 14.9. The molecule has 1 aliphatic carbocycles. The first-order valence-electron chi connectivity index (χ1n) is 8.59. The van der Waals surface area contributed by atoms with Gasteiger partial charge in [-0.3, -0.25) is 9.48 Å². The van der Waals surface area contributed by atoms with Crippen LogP contribution in [0, 0.1) is 5.92 Å². The molecule has 1 aromatic carbocycles. The van der Waals surface area contributed by atoms with Crippen molar-refractivity contribution in [2.45, 2.75) is 12.3 Å². The number of rotatable bonds is 4. The lowest BCUT2D eigenvalue weighted by Crippen LogP contribution is -2.32. The standard InChI is InChI=1S/C19H23N3O3/c1-21-16-8-13-9-22(17(23)11-24-2)10-15(13)18(16)19(20-21)12-5-4-6-14(7-12)25-3/h4-7,13,15H,8-11H2,1-3H3/t13-,15+/m1/s1. The molecule has 1 fully saturated rings. The first-order chi connectivity index (χ1) is 12.1. The second kappa shape index (κ2) is 6.19. The maximum atomic E-state index is 12.2. The maximum Gasteiger partial charge on any atom is 0.248 e. The molecule has 2 aliphatic rings. The Morgan fingerprint density at radius 1 is 1.32 bits per heavy atom. The monoisotopic (exact) mass is 341 g/mol. The molecular weight excluding hydrogens is 318 g/mol. The summed E-state index contributed by atoms with van der Waals surface area (Å²) < 4.78 is 12.4. The minimum Gasteiger partial charge on any atom is -0.497 e. The fraction of sp³-hybridized carbons (Fsp3) is 0.474. The first kappa shape index (κ1) is 16.1. The molecule has 0 unspecified atom stereocenters. The van der Waals surface area contributed by atoms with Gasteiger partial charge in [-0.25, -0.2) is 0 Å². The van der Waals surface area contributed by atoms with Crippen molar-refractivity contribution in [1.82, 2.24) is 14.7 Å². The van der Waals surface area contributed by atoms with Gasteiger partial charge in [-0.2, -0.15) is 5.10 Å². The Morgan fingerprint density at radius 3 is 2.92 bits per heavy atom. The third-order valence-corrected chi connectivity index (χ3v) is 5.44. The van der Waals surface area contributed by atoms with Crippen molar-refractivity contribution < 1.29 is 14.3 Å². The minimum atomic E-state index is 0.0743. The molecule has 1 aliphatic heterocycles. The Balaban J connectivity index is 1.69. The summed E-state index contributed by atoms with van der Waals surface area (Å²) in [7, 11) is 5.25. The fourth-order valence-corrected chi connectivity index (χ4v) is 4.26. The van der Waals surface area contributed by atoms with Gasteiger partial charge < -0.3 is 14.4 Å². The molecule has 0 bridgehead atoms. The molecule has 0 spiro atoms. The van der Waals surface area contributed by atoms with E-state index in [1.54, 1.807) is 14.2 Å². The van der Waals surface area contributed by atoms with E-state index in [2.05, 4.69) is 6.07 Å². The summed E-state index contributed by atoms with van der Waals surface area (Å²) in [5.41, 5.74) is 4.68. The molecule has 1 saturated heterocycles. The average molecular weight is 341 g/mol. The van der Waals surface area contributed by atoms with E-state index in [-0.39, 0.29) is 12.5 Å². The van der Waals surface area contributed by atoms with Crippen LogP contribution in [0.4, 0.5) is 0 Å². The minimum absolute atomic E-state index is 0.0743. The zero-order valence-electron chi connectivity index (χ0n) is 14.9. The second-order valence-corrected chi connectivity index (χ2v) is 6.87. The highest BCUT2D eigenvalue weighted by Gasteiger charge is 2.45. The average Bonchev–Trinajstić information content (AvgIpc) is 3.26. The summed E-state index contributed by atoms with van der Waals surface area (Å²) in [5, 5.41) is 4.78. The molecule has 0 radical (unpaired) electrons. The van der Waals surface area contributed by atoms with Crippen LogP contribution in [0.2, 0.25) is 0 Å². The highest BCUT2D eigenvalue weighted by atomic mass is 16.5. The van der Waals surface area contributed by atoms with Crippen LogP contribution in [0.25, 0.3) is 11.3 Å². The van der Waals surface area contributed by atoms with Crippen LogP contribution in [-0.4, -0.2) is 54.5 Å². The van der Waals surface area contributed by atoms with Crippen LogP contribution in [0.3, 0.4) is 0 Å². The van der Waals surface area contributed by atoms with Crippen LogP contribution < -0.4 is 4.74 Å². The largest absolute Gasteiger partial charge is 0.497 e. The predicted octanol–water partition coefficient (Wildman–Crippen LogP) is 1.84. The third-order valence-electron chi connectivity index (χ3n) is 5.44. The summed E-state index contributed by atoms with van der Waals surface area (Å²) in [5.74, 6) is 1.73. The number of aryl methyl sites for hydroxylation is 1. The van der Waals surface area contributed by atoms with Gasteiger partial charge in [0.15, 0.2) is 0 Å². The van der Waals surface area contributed by atoms with E-state index < -0.39 is 0 Å². The number of aromatic nitrogens is 2. The SMILES string of the molecule is COCC(=O)N1C[C@H]2Cc3c(c(-c4cccc(OC)c4)nn3C)[C@H]2C1. The normalized spacial score (nSPS) is 21.3. The molecule has 1 amide bonds. The van der Waals surface area contributed by atoms with Crippen molar-refractivity contribution >= 4 is 5.91 Å².